The van der Waals surface area contributed by atoms with Gasteiger partial charge >= 0.3 is 12.0 Å². The summed E-state index contributed by atoms with van der Waals surface area (Å²) in [6, 6.07) is 6.06. The lowest BCUT2D eigenvalue weighted by Crippen LogP contribution is -2.46. The van der Waals surface area contributed by atoms with Crippen molar-refractivity contribution in [3.05, 3.63) is 41.1 Å². The fraction of sp³-hybridized carbons (Fsp3) is 0.353. The average Bonchev–Trinajstić information content (AvgIpc) is 2.52. The van der Waals surface area contributed by atoms with E-state index in [1.807, 2.05) is 0 Å². The molecule has 3 amide bonds. The monoisotopic (exact) mass is 331 g/mol. The molecule has 7 nitrogen and oxygen atoms in total. The van der Waals surface area contributed by atoms with Gasteiger partial charge in [0.05, 0.1) is 18.2 Å². The molecular formula is C17H21N3O4. The van der Waals surface area contributed by atoms with Gasteiger partial charge in [-0.05, 0) is 31.5 Å². The van der Waals surface area contributed by atoms with Gasteiger partial charge in [-0.1, -0.05) is 12.1 Å². The minimum atomic E-state index is -0.638. The van der Waals surface area contributed by atoms with Crippen molar-refractivity contribution in [1.29, 1.82) is 0 Å². The number of rotatable bonds is 4. The van der Waals surface area contributed by atoms with Gasteiger partial charge < -0.3 is 20.3 Å². The third kappa shape index (κ3) is 3.56. The van der Waals surface area contributed by atoms with Gasteiger partial charge in [0.15, 0.2) is 0 Å². The first-order valence-corrected chi connectivity index (χ1v) is 7.64. The fourth-order valence-electron chi connectivity index (χ4n) is 2.56. The summed E-state index contributed by atoms with van der Waals surface area (Å²) in [5, 5.41) is 5.49. The summed E-state index contributed by atoms with van der Waals surface area (Å²) in [6.07, 6.45) is 0. The molecule has 128 valence electrons. The van der Waals surface area contributed by atoms with Gasteiger partial charge in [0.25, 0.3) is 0 Å². The number of ether oxygens (including phenoxy) is 1. The van der Waals surface area contributed by atoms with Crippen LogP contribution in [0.2, 0.25) is 0 Å². The summed E-state index contributed by atoms with van der Waals surface area (Å²) in [6.45, 7) is 5.09. The first kappa shape index (κ1) is 17.5. The summed E-state index contributed by atoms with van der Waals surface area (Å²) >= 11 is 0. The van der Waals surface area contributed by atoms with Crippen molar-refractivity contribution in [1.82, 2.24) is 10.2 Å². The van der Waals surface area contributed by atoms with Crippen LogP contribution in [0.3, 0.4) is 0 Å². The van der Waals surface area contributed by atoms with E-state index in [1.54, 1.807) is 45.2 Å². The van der Waals surface area contributed by atoms with Gasteiger partial charge in [-0.2, -0.15) is 0 Å². The maximum Gasteiger partial charge on any atom is 0.338 e. The molecule has 2 N–H and O–H groups in total. The van der Waals surface area contributed by atoms with Crippen LogP contribution in [0.1, 0.15) is 32.4 Å². The Hall–Kier alpha value is -2.83. The standard InChI is InChI=1S/C17H21N3O4/c1-5-24-16(22)14-10(2)20(4)17(23)19-15(14)12-7-6-8-13(9-12)18-11(3)21/h6-9,15H,5H2,1-4H3,(H,18,21)(H,19,23). The Morgan fingerprint density at radius 2 is 2.08 bits per heavy atom. The number of hydrogen-bond acceptors (Lipinski definition) is 4. The zero-order valence-electron chi connectivity index (χ0n) is 14.2. The summed E-state index contributed by atoms with van der Waals surface area (Å²) in [5.41, 5.74) is 2.19. The number of nitrogens with one attached hydrogen (secondary N) is 2. The van der Waals surface area contributed by atoms with Gasteiger partial charge in [-0.3, -0.25) is 4.79 Å². The third-order valence-electron chi connectivity index (χ3n) is 3.79. The van der Waals surface area contributed by atoms with Crippen molar-refractivity contribution < 1.29 is 19.1 Å². The Bertz CT molecular complexity index is 712. The largest absolute Gasteiger partial charge is 0.463 e. The highest BCUT2D eigenvalue weighted by Gasteiger charge is 2.34. The summed E-state index contributed by atoms with van der Waals surface area (Å²) < 4.78 is 5.14. The van der Waals surface area contributed by atoms with Crippen molar-refractivity contribution in [2.75, 3.05) is 19.0 Å². The molecular weight excluding hydrogens is 310 g/mol. The predicted molar refractivity (Wildman–Crippen MR) is 89.1 cm³/mol. The molecule has 0 saturated carbocycles. The van der Waals surface area contributed by atoms with Gasteiger partial charge in [-0.15, -0.1) is 0 Å². The molecule has 1 aromatic rings. The van der Waals surface area contributed by atoms with Gasteiger partial charge in [0.2, 0.25) is 5.91 Å². The lowest BCUT2D eigenvalue weighted by atomic mass is 9.94. The fourth-order valence-corrected chi connectivity index (χ4v) is 2.56. The molecule has 1 atom stereocenters. The lowest BCUT2D eigenvalue weighted by molar-refractivity contribution is -0.139. The Balaban J connectivity index is 2.47. The number of esters is 1. The highest BCUT2D eigenvalue weighted by atomic mass is 16.5. The van der Waals surface area contributed by atoms with E-state index in [0.717, 1.165) is 0 Å². The SMILES string of the molecule is CCOC(=O)C1=C(C)N(C)C(=O)NC1c1cccc(NC(C)=O)c1. The number of urea groups is 1. The van der Waals surface area contributed by atoms with Gasteiger partial charge in [0, 0.05) is 25.4 Å². The van der Waals surface area contributed by atoms with E-state index < -0.39 is 12.0 Å². The molecule has 1 aromatic carbocycles. The minimum Gasteiger partial charge on any atom is -0.463 e. The molecule has 0 aliphatic carbocycles. The van der Waals surface area contributed by atoms with E-state index >= 15 is 0 Å². The van der Waals surface area contributed by atoms with Crippen LogP contribution in [0.5, 0.6) is 0 Å². The third-order valence-corrected chi connectivity index (χ3v) is 3.79. The second-order valence-electron chi connectivity index (χ2n) is 5.47. The van der Waals surface area contributed by atoms with Crippen LogP contribution in [0.15, 0.2) is 35.5 Å². The Kier molecular flexibility index (Phi) is 5.23. The quantitative estimate of drug-likeness (QED) is 0.828. The number of benzene rings is 1. The van der Waals surface area contributed by atoms with E-state index in [2.05, 4.69) is 10.6 Å². The second-order valence-corrected chi connectivity index (χ2v) is 5.47. The molecule has 0 aromatic heterocycles. The maximum atomic E-state index is 12.4. The van der Waals surface area contributed by atoms with Gasteiger partial charge in [-0.25, -0.2) is 9.59 Å². The number of anilines is 1. The van der Waals surface area contributed by atoms with Crippen LogP contribution in [-0.4, -0.2) is 36.5 Å². The average molecular weight is 331 g/mol. The first-order chi connectivity index (χ1) is 11.3. The smallest absolute Gasteiger partial charge is 0.338 e. The Morgan fingerprint density at radius 1 is 1.38 bits per heavy atom. The summed E-state index contributed by atoms with van der Waals surface area (Å²) in [5.74, 6) is -0.673. The number of carbonyl (C=O) groups is 3. The van der Waals surface area contributed by atoms with E-state index in [0.29, 0.717) is 22.5 Å². The molecule has 1 heterocycles. The topological polar surface area (TPSA) is 87.7 Å². The summed E-state index contributed by atoms with van der Waals surface area (Å²) in [4.78, 5) is 37.1. The van der Waals surface area contributed by atoms with Crippen LogP contribution in [0.25, 0.3) is 0 Å². The minimum absolute atomic E-state index is 0.197. The number of nitrogens with zero attached hydrogens (tertiary/aromatic N) is 1. The van der Waals surface area contributed by atoms with E-state index in [9.17, 15) is 14.4 Å². The second kappa shape index (κ2) is 7.16. The van der Waals surface area contributed by atoms with Crippen LogP contribution in [-0.2, 0) is 14.3 Å². The van der Waals surface area contributed by atoms with Crippen LogP contribution in [0, 0.1) is 0 Å². The molecule has 0 saturated heterocycles. The maximum absolute atomic E-state index is 12.4. The van der Waals surface area contributed by atoms with Crippen molar-refractivity contribution in [3.8, 4) is 0 Å². The predicted octanol–water partition coefficient (Wildman–Crippen LogP) is 2.18. The number of hydrogen-bond donors (Lipinski definition) is 2. The number of allylic oxidation sites excluding steroid dienone is 1. The molecule has 0 radical (unpaired) electrons. The highest BCUT2D eigenvalue weighted by molar-refractivity contribution is 5.95. The van der Waals surface area contributed by atoms with Crippen LogP contribution in [0.4, 0.5) is 10.5 Å². The van der Waals surface area contributed by atoms with E-state index in [4.69, 9.17) is 4.74 Å². The van der Waals surface area contributed by atoms with Crippen molar-refractivity contribution in [3.63, 3.8) is 0 Å². The molecule has 0 bridgehead atoms. The Labute approximate surface area is 140 Å². The van der Waals surface area contributed by atoms with Crippen LogP contribution >= 0.6 is 0 Å². The number of carbonyl (C=O) groups excluding carboxylic acids is 3. The van der Waals surface area contributed by atoms with E-state index in [-0.39, 0.29) is 18.5 Å². The molecule has 1 aliphatic rings. The highest BCUT2D eigenvalue weighted by Crippen LogP contribution is 2.31. The molecule has 0 spiro atoms. The van der Waals surface area contributed by atoms with Crippen molar-refractivity contribution in [2.45, 2.75) is 26.8 Å². The molecule has 24 heavy (non-hydrogen) atoms. The first-order valence-electron chi connectivity index (χ1n) is 7.64. The van der Waals surface area contributed by atoms with Gasteiger partial charge in [0.1, 0.15) is 0 Å². The molecule has 2 rings (SSSR count). The molecule has 7 heteroatoms. The molecule has 1 unspecified atom stereocenters. The van der Waals surface area contributed by atoms with Crippen molar-refractivity contribution >= 4 is 23.6 Å². The van der Waals surface area contributed by atoms with Crippen LogP contribution < -0.4 is 10.6 Å². The normalized spacial score (nSPS) is 17.4. The zero-order chi connectivity index (χ0) is 17.9. The molecule has 0 fully saturated rings. The van der Waals surface area contributed by atoms with E-state index in [1.165, 1.54) is 11.8 Å². The lowest BCUT2D eigenvalue weighted by Gasteiger charge is -2.33. The molecule has 1 aliphatic heterocycles. The Morgan fingerprint density at radius 3 is 2.71 bits per heavy atom. The zero-order valence-corrected chi connectivity index (χ0v) is 14.2. The van der Waals surface area contributed by atoms with Crippen molar-refractivity contribution in [2.24, 2.45) is 0 Å². The number of amides is 3. The summed E-state index contributed by atoms with van der Waals surface area (Å²) in [7, 11) is 1.59.